The second-order valence-electron chi connectivity index (χ2n) is 2.01. The van der Waals surface area contributed by atoms with Crippen molar-refractivity contribution >= 4 is 34.3 Å². The monoisotopic (exact) mass is 207 g/mol. The average molecular weight is 208 g/mol. The van der Waals surface area contributed by atoms with Crippen LogP contribution in [0.5, 0.6) is 0 Å². The predicted molar refractivity (Wildman–Crippen MR) is 46.3 cm³/mol. The van der Waals surface area contributed by atoms with E-state index in [1.165, 1.54) is 24.3 Å². The van der Waals surface area contributed by atoms with E-state index in [4.69, 9.17) is 23.2 Å². The molecule has 0 fully saturated rings. The molecule has 0 aliphatic rings. The molecule has 0 N–H and O–H groups in total. The van der Waals surface area contributed by atoms with Gasteiger partial charge in [-0.3, -0.25) is 4.79 Å². The first-order valence-corrected chi connectivity index (χ1v) is 3.78. The molecule has 64 valence electrons. The molecule has 0 saturated carbocycles. The van der Waals surface area contributed by atoms with Crippen molar-refractivity contribution in [1.29, 1.82) is 0 Å². The van der Waals surface area contributed by atoms with Crippen molar-refractivity contribution in [3.05, 3.63) is 29.3 Å². The second-order valence-corrected chi connectivity index (χ2v) is 2.77. The Morgan fingerprint density at radius 1 is 1.33 bits per heavy atom. The summed E-state index contributed by atoms with van der Waals surface area (Å²) in [6.07, 6.45) is 0. The van der Waals surface area contributed by atoms with Crippen molar-refractivity contribution in [2.75, 3.05) is 5.12 Å². The minimum Gasteiger partial charge on any atom is -0.252 e. The minimum absolute atomic E-state index is 0.0550. The van der Waals surface area contributed by atoms with Crippen molar-refractivity contribution in [1.82, 2.24) is 0 Å². The second kappa shape index (κ2) is 3.74. The van der Waals surface area contributed by atoms with Gasteiger partial charge in [0.15, 0.2) is 0 Å². The Balaban J connectivity index is 2.89. The average Bonchev–Trinajstić information content (AvgIpc) is 2.04. The van der Waals surface area contributed by atoms with Crippen LogP contribution in [-0.2, 0) is 0 Å². The number of hydrogen-bond acceptors (Lipinski definition) is 1. The van der Waals surface area contributed by atoms with E-state index in [0.717, 1.165) is 0 Å². The number of rotatable bonds is 1. The van der Waals surface area contributed by atoms with Gasteiger partial charge < -0.3 is 0 Å². The Morgan fingerprint density at radius 2 is 1.83 bits per heavy atom. The van der Waals surface area contributed by atoms with E-state index in [0.29, 0.717) is 5.02 Å². The molecular weight excluding hydrogens is 204 g/mol. The highest BCUT2D eigenvalue weighted by Gasteiger charge is 2.10. The summed E-state index contributed by atoms with van der Waals surface area (Å²) in [6.45, 7) is 0. The van der Waals surface area contributed by atoms with Crippen LogP contribution >= 0.6 is 23.2 Å². The maximum Gasteiger partial charge on any atom is 0.349 e. The summed E-state index contributed by atoms with van der Waals surface area (Å²) >= 11 is 10.4. The highest BCUT2D eigenvalue weighted by atomic mass is 35.5. The topological polar surface area (TPSA) is 20.3 Å². The van der Waals surface area contributed by atoms with Gasteiger partial charge in [0, 0.05) is 5.02 Å². The number of halogens is 3. The van der Waals surface area contributed by atoms with Gasteiger partial charge in [0.1, 0.15) is 0 Å². The Morgan fingerprint density at radius 3 is 2.25 bits per heavy atom. The first-order valence-electron chi connectivity index (χ1n) is 3.02. The summed E-state index contributed by atoms with van der Waals surface area (Å²) in [6, 6.07) is 5.62. The van der Waals surface area contributed by atoms with Gasteiger partial charge in [0.25, 0.3) is 0 Å². The molecule has 0 aliphatic carbocycles. The van der Waals surface area contributed by atoms with Crippen molar-refractivity contribution in [3.8, 4) is 0 Å². The first-order chi connectivity index (χ1) is 5.61. The third-order valence-corrected chi connectivity index (χ3v) is 1.61. The SMILES string of the molecule is O=C(Cl)N(F)c1ccc(Cl)cc1. The molecule has 0 atom stereocenters. The Hall–Kier alpha value is -0.800. The van der Waals surface area contributed by atoms with Gasteiger partial charge in [-0.25, -0.2) is 0 Å². The van der Waals surface area contributed by atoms with Crippen LogP contribution in [0.2, 0.25) is 5.02 Å². The third kappa shape index (κ3) is 2.09. The van der Waals surface area contributed by atoms with E-state index >= 15 is 0 Å². The van der Waals surface area contributed by atoms with Crippen molar-refractivity contribution in [3.63, 3.8) is 0 Å². The normalized spacial score (nSPS) is 9.58. The lowest BCUT2D eigenvalue weighted by atomic mass is 10.3. The fourth-order valence-corrected chi connectivity index (χ4v) is 0.897. The molecule has 1 rings (SSSR count). The van der Waals surface area contributed by atoms with Crippen molar-refractivity contribution < 1.29 is 9.28 Å². The van der Waals surface area contributed by atoms with Gasteiger partial charge in [0.05, 0.1) is 5.69 Å². The maximum absolute atomic E-state index is 12.7. The molecule has 2 nitrogen and oxygen atoms in total. The summed E-state index contributed by atoms with van der Waals surface area (Å²) in [5.41, 5.74) is 0.0550. The molecule has 0 bridgehead atoms. The van der Waals surface area contributed by atoms with Gasteiger partial charge >= 0.3 is 5.37 Å². The lowest BCUT2D eigenvalue weighted by Gasteiger charge is -2.06. The molecular formula is C7H4Cl2FNO. The van der Waals surface area contributed by atoms with E-state index in [-0.39, 0.29) is 10.8 Å². The van der Waals surface area contributed by atoms with Crippen LogP contribution in [0.15, 0.2) is 24.3 Å². The highest BCUT2D eigenvalue weighted by Crippen LogP contribution is 2.19. The molecule has 1 aromatic rings. The zero-order valence-electron chi connectivity index (χ0n) is 5.80. The van der Waals surface area contributed by atoms with Crippen molar-refractivity contribution in [2.24, 2.45) is 0 Å². The number of nitrogens with zero attached hydrogens (tertiary/aromatic N) is 1. The molecule has 0 unspecified atom stereocenters. The van der Waals surface area contributed by atoms with Crippen LogP contribution < -0.4 is 5.12 Å². The van der Waals surface area contributed by atoms with E-state index in [1.807, 2.05) is 0 Å². The van der Waals surface area contributed by atoms with E-state index < -0.39 is 5.37 Å². The third-order valence-electron chi connectivity index (χ3n) is 1.21. The lowest BCUT2D eigenvalue weighted by Crippen LogP contribution is -2.13. The van der Waals surface area contributed by atoms with Gasteiger partial charge in [-0.2, -0.15) is 0 Å². The molecule has 0 saturated heterocycles. The van der Waals surface area contributed by atoms with E-state index in [9.17, 15) is 9.28 Å². The quantitative estimate of drug-likeness (QED) is 0.393. The fraction of sp³-hybridized carbons (Fsp3) is 0. The zero-order valence-corrected chi connectivity index (χ0v) is 7.31. The van der Waals surface area contributed by atoms with Crippen LogP contribution in [-0.4, -0.2) is 5.37 Å². The van der Waals surface area contributed by atoms with Crippen LogP contribution in [0.1, 0.15) is 0 Å². The maximum atomic E-state index is 12.7. The van der Waals surface area contributed by atoms with Gasteiger partial charge in [0.2, 0.25) is 0 Å². The summed E-state index contributed by atoms with van der Waals surface area (Å²) in [4.78, 5) is 10.3. The van der Waals surface area contributed by atoms with Crippen molar-refractivity contribution in [2.45, 2.75) is 0 Å². The van der Waals surface area contributed by atoms with Gasteiger partial charge in [-0.15, -0.1) is 5.12 Å². The molecule has 0 aromatic heterocycles. The van der Waals surface area contributed by atoms with Gasteiger partial charge in [-0.05, 0) is 35.9 Å². The molecule has 1 aromatic carbocycles. The van der Waals surface area contributed by atoms with Crippen LogP contribution in [0, 0.1) is 0 Å². The molecule has 0 heterocycles. The number of carbonyl (C=O) groups excluding carboxylic acids is 1. The highest BCUT2D eigenvalue weighted by molar-refractivity contribution is 6.65. The number of carbonyl (C=O) groups is 1. The smallest absolute Gasteiger partial charge is 0.252 e. The first kappa shape index (κ1) is 9.29. The summed E-state index contributed by atoms with van der Waals surface area (Å²) in [5, 5.41) is -0.885. The molecule has 1 amide bonds. The number of amides is 1. The van der Waals surface area contributed by atoms with Crippen LogP contribution in [0.25, 0.3) is 0 Å². The fourth-order valence-electron chi connectivity index (χ4n) is 0.673. The lowest BCUT2D eigenvalue weighted by molar-refractivity contribution is 0.253. The summed E-state index contributed by atoms with van der Waals surface area (Å²) < 4.78 is 12.7. The molecule has 0 aliphatic heterocycles. The molecule has 5 heteroatoms. The van der Waals surface area contributed by atoms with E-state index in [1.54, 1.807) is 0 Å². The largest absolute Gasteiger partial charge is 0.349 e. The molecule has 12 heavy (non-hydrogen) atoms. The van der Waals surface area contributed by atoms with Crippen LogP contribution in [0.3, 0.4) is 0 Å². The minimum atomic E-state index is -1.18. The summed E-state index contributed by atoms with van der Waals surface area (Å²) in [7, 11) is 0. The standard InChI is InChI=1S/C7H4Cl2FNO/c8-5-1-3-6(4-2-5)11(10)7(9)12/h1-4H. The van der Waals surface area contributed by atoms with Gasteiger partial charge in [-0.1, -0.05) is 16.1 Å². The number of hydrogen-bond donors (Lipinski definition) is 0. The Kier molecular flexibility index (Phi) is 2.89. The predicted octanol–water partition coefficient (Wildman–Crippen LogP) is 3.39. The zero-order chi connectivity index (χ0) is 9.14. The van der Waals surface area contributed by atoms with Crippen LogP contribution in [0.4, 0.5) is 15.0 Å². The summed E-state index contributed by atoms with van der Waals surface area (Å²) in [5.74, 6) is 0. The number of anilines is 1. The number of benzene rings is 1. The Labute approximate surface area is 78.4 Å². The molecule has 0 radical (unpaired) electrons. The van der Waals surface area contributed by atoms with E-state index in [2.05, 4.69) is 0 Å². The Bertz CT molecular complexity index is 288. The molecule has 0 spiro atoms.